The van der Waals surface area contributed by atoms with Crippen molar-refractivity contribution in [2.24, 2.45) is 0 Å². The van der Waals surface area contributed by atoms with Crippen molar-refractivity contribution in [2.75, 3.05) is 17.1 Å². The third-order valence-corrected chi connectivity index (χ3v) is 7.42. The highest BCUT2D eigenvalue weighted by molar-refractivity contribution is 7.92. The van der Waals surface area contributed by atoms with Crippen LogP contribution in [0.2, 0.25) is 0 Å². The van der Waals surface area contributed by atoms with Gasteiger partial charge in [0.05, 0.1) is 11.9 Å². The fourth-order valence-electron chi connectivity index (χ4n) is 4.23. The summed E-state index contributed by atoms with van der Waals surface area (Å²) in [6, 6.07) is 20.9. The summed E-state index contributed by atoms with van der Waals surface area (Å²) in [5.74, 6) is -1.33. The molecule has 0 heterocycles. The molecule has 0 radical (unpaired) electrons. The SMILES string of the molecule is CCc1ccc(N(CC(=O)N(Cc2ccc(F)cc2)[C@@H](Cc2ccccc2)C(=O)NC(C)C)S(C)(=O)=O)cc1. The Kier molecular flexibility index (Phi) is 10.2. The van der Waals surface area contributed by atoms with Crippen LogP contribution in [0, 0.1) is 5.82 Å². The topological polar surface area (TPSA) is 86.8 Å². The van der Waals surface area contributed by atoms with Gasteiger partial charge in [-0.1, -0.05) is 61.5 Å². The molecule has 0 bridgehead atoms. The molecule has 0 fully saturated rings. The highest BCUT2D eigenvalue weighted by atomic mass is 32.2. The molecule has 0 aliphatic heterocycles. The molecule has 3 rings (SSSR count). The van der Waals surface area contributed by atoms with Crippen LogP contribution in [0.25, 0.3) is 0 Å². The van der Waals surface area contributed by atoms with Crippen molar-refractivity contribution in [3.8, 4) is 0 Å². The van der Waals surface area contributed by atoms with E-state index in [1.165, 1.54) is 17.0 Å². The molecule has 7 nitrogen and oxygen atoms in total. The van der Waals surface area contributed by atoms with Crippen LogP contribution in [0.4, 0.5) is 10.1 Å². The van der Waals surface area contributed by atoms with Crippen LogP contribution in [0.5, 0.6) is 0 Å². The summed E-state index contributed by atoms with van der Waals surface area (Å²) in [6.07, 6.45) is 2.05. The number of hydrogen-bond donors (Lipinski definition) is 1. The third-order valence-electron chi connectivity index (χ3n) is 6.28. The van der Waals surface area contributed by atoms with Crippen LogP contribution in [-0.2, 0) is 39.0 Å². The minimum Gasteiger partial charge on any atom is -0.352 e. The lowest BCUT2D eigenvalue weighted by molar-refractivity contribution is -0.140. The van der Waals surface area contributed by atoms with E-state index in [0.717, 1.165) is 28.1 Å². The Bertz CT molecular complexity index is 1350. The van der Waals surface area contributed by atoms with Crippen molar-refractivity contribution < 1.29 is 22.4 Å². The van der Waals surface area contributed by atoms with Gasteiger partial charge in [-0.15, -0.1) is 0 Å². The number of carbonyl (C=O) groups is 2. The molecule has 0 saturated heterocycles. The Balaban J connectivity index is 2.03. The highest BCUT2D eigenvalue weighted by Gasteiger charge is 2.33. The molecule has 0 aliphatic carbocycles. The van der Waals surface area contributed by atoms with E-state index in [4.69, 9.17) is 0 Å². The van der Waals surface area contributed by atoms with E-state index in [1.54, 1.807) is 24.3 Å². The largest absolute Gasteiger partial charge is 0.352 e. The quantitative estimate of drug-likeness (QED) is 0.362. The van der Waals surface area contributed by atoms with E-state index < -0.39 is 34.3 Å². The summed E-state index contributed by atoms with van der Waals surface area (Å²) >= 11 is 0. The van der Waals surface area contributed by atoms with E-state index >= 15 is 0 Å². The summed E-state index contributed by atoms with van der Waals surface area (Å²) in [6.45, 7) is 5.15. The molecule has 0 saturated carbocycles. The van der Waals surface area contributed by atoms with Gasteiger partial charge >= 0.3 is 0 Å². The number of sulfonamides is 1. The number of rotatable bonds is 12. The first kappa shape index (κ1) is 29.8. The molecule has 3 aromatic rings. The first-order valence-electron chi connectivity index (χ1n) is 12.9. The van der Waals surface area contributed by atoms with Crippen LogP contribution < -0.4 is 9.62 Å². The first-order chi connectivity index (χ1) is 18.5. The van der Waals surface area contributed by atoms with Crippen LogP contribution in [0.1, 0.15) is 37.5 Å². The maximum absolute atomic E-state index is 14.0. The number of halogens is 1. The number of aryl methyl sites for hydroxylation is 1. The van der Waals surface area contributed by atoms with Crippen molar-refractivity contribution in [3.63, 3.8) is 0 Å². The van der Waals surface area contributed by atoms with Crippen LogP contribution in [0.3, 0.4) is 0 Å². The average molecular weight is 554 g/mol. The Hall–Kier alpha value is -3.72. The first-order valence-corrected chi connectivity index (χ1v) is 14.8. The van der Waals surface area contributed by atoms with Gasteiger partial charge in [-0.2, -0.15) is 0 Å². The zero-order valence-electron chi connectivity index (χ0n) is 22.8. The Morgan fingerprint density at radius 1 is 0.872 bits per heavy atom. The highest BCUT2D eigenvalue weighted by Crippen LogP contribution is 2.21. The summed E-state index contributed by atoms with van der Waals surface area (Å²) in [5.41, 5.74) is 2.84. The monoisotopic (exact) mass is 553 g/mol. The molecule has 1 atom stereocenters. The van der Waals surface area contributed by atoms with Gasteiger partial charge in [0.2, 0.25) is 21.8 Å². The van der Waals surface area contributed by atoms with Gasteiger partial charge in [0, 0.05) is 19.0 Å². The van der Waals surface area contributed by atoms with E-state index in [2.05, 4.69) is 5.32 Å². The van der Waals surface area contributed by atoms with Gasteiger partial charge < -0.3 is 10.2 Å². The summed E-state index contributed by atoms with van der Waals surface area (Å²) in [5, 5.41) is 2.90. The zero-order chi connectivity index (χ0) is 28.6. The number of hydrogen-bond acceptors (Lipinski definition) is 4. The molecule has 0 unspecified atom stereocenters. The second-order valence-electron chi connectivity index (χ2n) is 9.81. The maximum Gasteiger partial charge on any atom is 0.244 e. The normalized spacial score (nSPS) is 12.2. The molecule has 0 aliphatic rings. The van der Waals surface area contributed by atoms with Gasteiger partial charge in [-0.25, -0.2) is 12.8 Å². The molecule has 3 aromatic carbocycles. The number of amides is 2. The van der Waals surface area contributed by atoms with Gasteiger partial charge in [0.1, 0.15) is 18.4 Å². The standard InChI is InChI=1S/C30H36FN3O4S/c1-5-23-13-17-27(18-14-23)34(39(4,37)38)21-29(35)33(20-25-11-15-26(31)16-12-25)28(30(36)32-22(2)3)19-24-9-7-6-8-10-24/h6-18,22,28H,5,19-21H2,1-4H3,(H,32,36)/t28-/m0/s1. The van der Waals surface area contributed by atoms with E-state index in [-0.39, 0.29) is 24.9 Å². The Labute approximate surface area is 230 Å². The maximum atomic E-state index is 14.0. The summed E-state index contributed by atoms with van der Waals surface area (Å²) in [4.78, 5) is 28.8. The lowest BCUT2D eigenvalue weighted by Crippen LogP contribution is -2.54. The molecule has 0 aromatic heterocycles. The van der Waals surface area contributed by atoms with Crippen LogP contribution in [0.15, 0.2) is 78.9 Å². The lowest BCUT2D eigenvalue weighted by atomic mass is 10.0. The molecule has 9 heteroatoms. The number of anilines is 1. The predicted molar refractivity (Wildman–Crippen MR) is 152 cm³/mol. The van der Waals surface area contributed by atoms with E-state index in [0.29, 0.717) is 11.3 Å². The second kappa shape index (κ2) is 13.4. The second-order valence-corrected chi connectivity index (χ2v) is 11.7. The third kappa shape index (κ3) is 8.64. The van der Waals surface area contributed by atoms with Crippen molar-refractivity contribution >= 4 is 27.5 Å². The Morgan fingerprint density at radius 3 is 2.00 bits per heavy atom. The molecular formula is C30H36FN3O4S. The van der Waals surface area contributed by atoms with Crippen molar-refractivity contribution in [2.45, 2.75) is 52.2 Å². The zero-order valence-corrected chi connectivity index (χ0v) is 23.6. The molecule has 2 amide bonds. The smallest absolute Gasteiger partial charge is 0.244 e. The molecule has 208 valence electrons. The molecular weight excluding hydrogens is 517 g/mol. The molecule has 0 spiro atoms. The van der Waals surface area contributed by atoms with E-state index in [1.807, 2.05) is 63.2 Å². The fraction of sp³-hybridized carbons (Fsp3) is 0.333. The van der Waals surface area contributed by atoms with Gasteiger partial charge in [0.15, 0.2) is 0 Å². The lowest BCUT2D eigenvalue weighted by Gasteiger charge is -2.34. The number of carbonyl (C=O) groups excluding carboxylic acids is 2. The minimum atomic E-state index is -3.83. The van der Waals surface area contributed by atoms with E-state index in [9.17, 15) is 22.4 Å². The minimum absolute atomic E-state index is 0.00545. The number of nitrogens with zero attached hydrogens (tertiary/aromatic N) is 2. The average Bonchev–Trinajstić information content (AvgIpc) is 2.90. The molecule has 39 heavy (non-hydrogen) atoms. The number of nitrogens with one attached hydrogen (secondary N) is 1. The fourth-order valence-corrected chi connectivity index (χ4v) is 5.08. The van der Waals surface area contributed by atoms with Gasteiger partial charge in [0.25, 0.3) is 0 Å². The molecule has 1 N–H and O–H groups in total. The van der Waals surface area contributed by atoms with Crippen molar-refractivity contribution in [3.05, 3.63) is 101 Å². The Morgan fingerprint density at radius 2 is 1.46 bits per heavy atom. The van der Waals surface area contributed by atoms with Gasteiger partial charge in [-0.05, 0) is 61.2 Å². The van der Waals surface area contributed by atoms with Gasteiger partial charge in [-0.3, -0.25) is 13.9 Å². The summed E-state index contributed by atoms with van der Waals surface area (Å²) < 4.78 is 40.3. The number of benzene rings is 3. The van der Waals surface area contributed by atoms with Crippen LogP contribution in [-0.4, -0.2) is 50.0 Å². The van der Waals surface area contributed by atoms with Crippen molar-refractivity contribution in [1.82, 2.24) is 10.2 Å². The van der Waals surface area contributed by atoms with Crippen molar-refractivity contribution in [1.29, 1.82) is 0 Å². The van der Waals surface area contributed by atoms with Crippen LogP contribution >= 0.6 is 0 Å². The summed E-state index contributed by atoms with van der Waals surface area (Å²) in [7, 11) is -3.83. The predicted octanol–water partition coefficient (Wildman–Crippen LogP) is 4.32.